The van der Waals surface area contributed by atoms with Gasteiger partial charge in [-0.15, -0.1) is 0 Å². The molecule has 0 aliphatic carbocycles. The summed E-state index contributed by atoms with van der Waals surface area (Å²) in [6.45, 7) is 5.99. The number of imide groups is 2. The first kappa shape index (κ1) is 48.8. The molecule has 384 valence electrons. The van der Waals surface area contributed by atoms with Crippen LogP contribution in [0.2, 0.25) is 0 Å². The average molecular weight is 1030 g/mol. The Kier molecular flexibility index (Phi) is 12.8. The van der Waals surface area contributed by atoms with Crippen molar-refractivity contribution in [1.82, 2.24) is 38.9 Å². The number of ether oxygens (including phenoxy) is 1. The maximum atomic E-state index is 15.2. The van der Waals surface area contributed by atoms with Crippen LogP contribution in [-0.2, 0) is 19.8 Å². The van der Waals surface area contributed by atoms with Gasteiger partial charge in [-0.3, -0.25) is 43.5 Å². The number of carbonyl (C=O) groups is 4. The summed E-state index contributed by atoms with van der Waals surface area (Å²) < 4.78 is 65.1. The fourth-order valence-corrected chi connectivity index (χ4v) is 12.6. The van der Waals surface area contributed by atoms with Crippen LogP contribution in [0.25, 0.3) is 16.6 Å². The molecule has 5 fully saturated rings. The number of rotatable bonds is 11. The predicted molar refractivity (Wildman–Crippen MR) is 265 cm³/mol. The van der Waals surface area contributed by atoms with Crippen molar-refractivity contribution in [2.75, 3.05) is 73.4 Å². The number of hydrogen-bond donors (Lipinski definition) is 2. The molecule has 4 amide bonds. The smallest absolute Gasteiger partial charge is 0.301 e. The van der Waals surface area contributed by atoms with Gasteiger partial charge in [-0.2, -0.15) is 18.0 Å². The van der Waals surface area contributed by atoms with E-state index in [4.69, 9.17) is 4.74 Å². The fourth-order valence-electron chi connectivity index (χ4n) is 11.3. The van der Waals surface area contributed by atoms with Gasteiger partial charge >= 0.3 is 10.2 Å². The second-order valence-electron chi connectivity index (χ2n) is 20.1. The first-order valence-electron chi connectivity index (χ1n) is 24.9. The lowest BCUT2D eigenvalue weighted by molar-refractivity contribution is -0.136. The monoisotopic (exact) mass is 1030 g/mol. The molecule has 1 unspecified atom stereocenters. The molecule has 1 spiro atoms. The first-order chi connectivity index (χ1) is 35.7. The number of fused-ring (bicyclic) bond motifs is 2. The number of nitrogens with one attached hydrogen (secondary N) is 2. The third-order valence-corrected chi connectivity index (χ3v) is 17.2. The van der Waals surface area contributed by atoms with Gasteiger partial charge in [-0.05, 0) is 124 Å². The maximum Gasteiger partial charge on any atom is 0.301 e. The van der Waals surface area contributed by atoms with Crippen LogP contribution in [0.4, 0.5) is 26.1 Å². The molecule has 0 saturated carbocycles. The molecule has 5 aromatic rings. The molecule has 3 aromatic carbocycles. The molecule has 6 aliphatic rings. The number of carbonyl (C=O) groups excluding carboxylic acids is 4. The molecule has 2 atom stereocenters. The summed E-state index contributed by atoms with van der Waals surface area (Å²) in [5.41, 5.74) is 1.22. The van der Waals surface area contributed by atoms with Gasteiger partial charge in [0.25, 0.3) is 17.4 Å². The number of amides is 4. The molecule has 11 rings (SSSR count). The molecule has 2 aromatic heterocycles. The molecule has 23 heteroatoms. The molecule has 20 nitrogen and oxygen atoms in total. The summed E-state index contributed by atoms with van der Waals surface area (Å²) in [5.74, 6) is -2.45. The molecule has 74 heavy (non-hydrogen) atoms. The lowest BCUT2D eigenvalue weighted by Gasteiger charge is -2.47. The molecule has 2 N–H and O–H groups in total. The number of halogens is 2. The van der Waals surface area contributed by atoms with E-state index in [-0.39, 0.29) is 60.2 Å². The van der Waals surface area contributed by atoms with E-state index in [1.54, 1.807) is 30.6 Å². The van der Waals surface area contributed by atoms with E-state index in [2.05, 4.69) is 39.7 Å². The Hall–Kier alpha value is -7.42. The van der Waals surface area contributed by atoms with Crippen molar-refractivity contribution < 1.29 is 41.1 Å². The zero-order valence-electron chi connectivity index (χ0n) is 40.2. The van der Waals surface area contributed by atoms with Crippen molar-refractivity contribution in [3.63, 3.8) is 0 Å². The van der Waals surface area contributed by atoms with Crippen molar-refractivity contribution >= 4 is 62.1 Å². The second kappa shape index (κ2) is 19.5. The second-order valence-corrected chi connectivity index (χ2v) is 21.8. The Morgan fingerprint density at radius 2 is 1.54 bits per heavy atom. The maximum absolute atomic E-state index is 15.2. The summed E-state index contributed by atoms with van der Waals surface area (Å²) in [6.07, 6.45) is 9.69. The van der Waals surface area contributed by atoms with Crippen LogP contribution >= 0.6 is 0 Å². The number of nitrogens with zero attached hydrogens (tertiary/aromatic N) is 10. The third kappa shape index (κ3) is 9.30. The first-order valence-corrected chi connectivity index (χ1v) is 26.3. The van der Waals surface area contributed by atoms with Crippen LogP contribution in [0.3, 0.4) is 0 Å². The van der Waals surface area contributed by atoms with E-state index in [1.165, 1.54) is 29.1 Å². The van der Waals surface area contributed by atoms with Gasteiger partial charge in [-0.1, -0.05) is 0 Å². The molecule has 6 aliphatic heterocycles. The number of likely N-dealkylation sites (tertiary alicyclic amines) is 1. The zero-order chi connectivity index (χ0) is 51.5. The Balaban J connectivity index is 0.666. The predicted octanol–water partition coefficient (Wildman–Crippen LogP) is 4.68. The Labute approximate surface area is 424 Å². The average Bonchev–Trinajstić information content (AvgIpc) is 3.96. The summed E-state index contributed by atoms with van der Waals surface area (Å²) in [5, 5.41) is 12.3. The number of hydrogen-bond acceptors (Lipinski definition) is 15. The van der Waals surface area contributed by atoms with Gasteiger partial charge in [0.1, 0.15) is 35.9 Å². The van der Waals surface area contributed by atoms with Gasteiger partial charge in [0.15, 0.2) is 11.6 Å². The SMILES string of the molecule is N#Cc1c(NS(=O)(=O)N2CC[C@@H](F)C2)ccc(F)c1Oc1ccc2ncn(-c3cnc(N4CCC5(CCN(CC6CCN(c7ccc8c(c7)C(=O)N(C7CCC(=O)NC7=O)C8=O)CC6)CC5)CC4)nc3)c(=O)c2c1. The lowest BCUT2D eigenvalue weighted by Crippen LogP contribution is -2.54. The van der Waals surface area contributed by atoms with Gasteiger partial charge in [-0.25, -0.2) is 23.7 Å². The van der Waals surface area contributed by atoms with E-state index in [1.807, 2.05) is 6.07 Å². The largest absolute Gasteiger partial charge is 0.453 e. The van der Waals surface area contributed by atoms with Crippen LogP contribution in [0, 0.1) is 28.5 Å². The number of aromatic nitrogens is 4. The van der Waals surface area contributed by atoms with Gasteiger partial charge in [0.05, 0.1) is 45.8 Å². The molecular formula is C51H52F2N12O8S. The van der Waals surface area contributed by atoms with Gasteiger partial charge < -0.3 is 19.4 Å². The number of alkyl halides is 1. The molecule has 0 bridgehead atoms. The van der Waals surface area contributed by atoms with E-state index in [0.717, 1.165) is 111 Å². The summed E-state index contributed by atoms with van der Waals surface area (Å²) >= 11 is 0. The van der Waals surface area contributed by atoms with Crippen molar-refractivity contribution in [2.24, 2.45) is 11.3 Å². The summed E-state index contributed by atoms with van der Waals surface area (Å²) in [7, 11) is -4.25. The van der Waals surface area contributed by atoms with E-state index in [9.17, 15) is 42.0 Å². The number of nitriles is 1. The van der Waals surface area contributed by atoms with E-state index >= 15 is 4.39 Å². The standard InChI is InChI=1S/C51H52F2N12O8S/c52-32-11-18-63(29-32)74(71,72)59-42-6-4-40(53)45(39(42)25-54)73-35-2-5-41-38(24-35)47(68)64(30-57-41)34-26-55-50(56-27-34)62-21-14-51(15-22-62)12-19-60(20-13-51)28-31-9-16-61(17-10-31)33-1-3-36-37(23-33)49(70)65(48(36)69)43-7-8-44(66)58-46(43)67/h1-6,23-24,26-27,30-32,43,59H,7-22,28-29H2,(H,58,66,67)/t32-,43?/m1/s1. The third-order valence-electron chi connectivity index (χ3n) is 15.7. The van der Waals surface area contributed by atoms with Gasteiger partial charge in [0, 0.05) is 57.9 Å². The van der Waals surface area contributed by atoms with E-state index in [0.29, 0.717) is 28.6 Å². The minimum atomic E-state index is -4.25. The van der Waals surface area contributed by atoms with Crippen LogP contribution in [-0.4, -0.2) is 137 Å². The minimum absolute atomic E-state index is 0.0133. The number of anilines is 3. The summed E-state index contributed by atoms with van der Waals surface area (Å²) in [6, 6.07) is 12.5. The van der Waals surface area contributed by atoms with Crippen LogP contribution < -0.4 is 30.1 Å². The fraction of sp³-hybridized carbons (Fsp3) is 0.431. The summed E-state index contributed by atoms with van der Waals surface area (Å²) in [4.78, 5) is 86.4. The van der Waals surface area contributed by atoms with Crippen molar-refractivity contribution in [3.8, 4) is 23.3 Å². The molecule has 8 heterocycles. The highest BCUT2D eigenvalue weighted by Gasteiger charge is 2.45. The highest BCUT2D eigenvalue weighted by Crippen LogP contribution is 2.43. The Bertz CT molecular complexity index is 3310. The van der Waals surface area contributed by atoms with Crippen LogP contribution in [0.1, 0.15) is 84.1 Å². The van der Waals surface area contributed by atoms with E-state index < -0.39 is 68.7 Å². The topological polar surface area (TPSA) is 236 Å². The normalized spacial score (nSPS) is 21.8. The quantitative estimate of drug-likeness (QED) is 0.171. The van der Waals surface area contributed by atoms with Gasteiger partial charge in [0.2, 0.25) is 17.8 Å². The molecule has 5 saturated heterocycles. The van der Waals surface area contributed by atoms with Crippen molar-refractivity contribution in [2.45, 2.75) is 70.0 Å². The molecular weight excluding hydrogens is 979 g/mol. The number of benzene rings is 3. The Morgan fingerprint density at radius 3 is 2.24 bits per heavy atom. The van der Waals surface area contributed by atoms with Crippen LogP contribution in [0.5, 0.6) is 11.5 Å². The Morgan fingerprint density at radius 1 is 0.811 bits per heavy atom. The number of piperidine rings is 4. The molecule has 0 radical (unpaired) electrons. The highest BCUT2D eigenvalue weighted by molar-refractivity contribution is 7.90. The zero-order valence-corrected chi connectivity index (χ0v) is 41.0. The highest BCUT2D eigenvalue weighted by atomic mass is 32.2. The van der Waals surface area contributed by atoms with Crippen LogP contribution in [0.15, 0.2) is 72.0 Å². The lowest BCUT2D eigenvalue weighted by atomic mass is 9.71. The van der Waals surface area contributed by atoms with Crippen molar-refractivity contribution in [3.05, 3.63) is 100 Å². The van der Waals surface area contributed by atoms with Crippen molar-refractivity contribution in [1.29, 1.82) is 5.26 Å². The minimum Gasteiger partial charge on any atom is -0.453 e.